The molecule has 108 valence electrons. The molecule has 2 rings (SSSR count). The molecular weight excluding hydrogens is 283 g/mol. The van der Waals surface area contributed by atoms with Crippen molar-refractivity contribution in [1.82, 2.24) is 5.32 Å². The van der Waals surface area contributed by atoms with Gasteiger partial charge in [-0.05, 0) is 23.6 Å². The maximum Gasteiger partial charge on any atom is 0.250 e. The molecule has 1 aliphatic heterocycles. The monoisotopic (exact) mass is 298 g/mol. The Morgan fingerprint density at radius 1 is 1.35 bits per heavy atom. The smallest absolute Gasteiger partial charge is 0.250 e. The van der Waals surface area contributed by atoms with Gasteiger partial charge in [-0.25, -0.2) is 4.39 Å². The summed E-state index contributed by atoms with van der Waals surface area (Å²) in [4.78, 5) is 25.5. The summed E-state index contributed by atoms with van der Waals surface area (Å²) in [5, 5.41) is 2.66. The van der Waals surface area contributed by atoms with Crippen LogP contribution in [0.25, 0.3) is 0 Å². The van der Waals surface area contributed by atoms with E-state index in [0.29, 0.717) is 5.69 Å². The molecule has 1 aromatic carbocycles. The molecule has 0 radical (unpaired) electrons. The maximum atomic E-state index is 13.5. The highest BCUT2D eigenvalue weighted by Gasteiger charge is 2.40. The maximum absolute atomic E-state index is 13.5. The van der Waals surface area contributed by atoms with E-state index in [1.165, 1.54) is 23.1 Å². The number of anilines is 1. The van der Waals surface area contributed by atoms with Crippen LogP contribution < -0.4 is 10.2 Å². The van der Waals surface area contributed by atoms with Crippen LogP contribution in [0.5, 0.6) is 0 Å². The minimum atomic E-state index is -0.637. The number of carbonyl (C=O) groups excluding carboxylic acids is 2. The highest BCUT2D eigenvalue weighted by atomic mass is 35.5. The molecule has 2 amide bonds. The molecule has 1 saturated heterocycles. The van der Waals surface area contributed by atoms with Gasteiger partial charge in [-0.1, -0.05) is 32.4 Å². The zero-order chi connectivity index (χ0) is 15.1. The summed E-state index contributed by atoms with van der Waals surface area (Å²) in [6.45, 7) is 5.47. The van der Waals surface area contributed by atoms with Crippen LogP contribution in [-0.2, 0) is 9.59 Å². The topological polar surface area (TPSA) is 49.4 Å². The van der Waals surface area contributed by atoms with Gasteiger partial charge in [-0.2, -0.15) is 0 Å². The number of nitrogens with zero attached hydrogens (tertiary/aromatic N) is 1. The molecule has 1 fully saturated rings. The summed E-state index contributed by atoms with van der Waals surface area (Å²) in [6, 6.07) is 3.43. The Hall–Kier alpha value is -1.62. The van der Waals surface area contributed by atoms with Crippen molar-refractivity contribution in [3.05, 3.63) is 29.0 Å². The van der Waals surface area contributed by atoms with Crippen molar-refractivity contribution in [1.29, 1.82) is 0 Å². The summed E-state index contributed by atoms with van der Waals surface area (Å²) in [5.41, 5.74) is -0.0860. The van der Waals surface area contributed by atoms with Crippen LogP contribution >= 0.6 is 11.6 Å². The van der Waals surface area contributed by atoms with E-state index in [0.717, 1.165) is 0 Å². The highest BCUT2D eigenvalue weighted by Crippen LogP contribution is 2.28. The number of rotatable bonds is 1. The second kappa shape index (κ2) is 5.05. The van der Waals surface area contributed by atoms with Gasteiger partial charge in [-0.3, -0.25) is 9.59 Å². The summed E-state index contributed by atoms with van der Waals surface area (Å²) < 4.78 is 13.5. The first-order valence-electron chi connectivity index (χ1n) is 6.26. The fourth-order valence-electron chi connectivity index (χ4n) is 2.10. The Bertz CT molecular complexity index is 569. The number of nitrogens with one attached hydrogen (secondary N) is 1. The fourth-order valence-corrected chi connectivity index (χ4v) is 2.22. The average Bonchev–Trinajstić information content (AvgIpc) is 2.34. The van der Waals surface area contributed by atoms with Crippen molar-refractivity contribution in [2.45, 2.75) is 26.8 Å². The molecule has 1 unspecified atom stereocenters. The van der Waals surface area contributed by atoms with E-state index in [-0.39, 0.29) is 23.4 Å². The number of hydrogen-bond acceptors (Lipinski definition) is 2. The van der Waals surface area contributed by atoms with E-state index in [2.05, 4.69) is 5.32 Å². The number of amides is 2. The van der Waals surface area contributed by atoms with Gasteiger partial charge in [0.25, 0.3) is 5.91 Å². The van der Waals surface area contributed by atoms with Crippen molar-refractivity contribution >= 4 is 29.1 Å². The molecule has 1 atom stereocenters. The van der Waals surface area contributed by atoms with Gasteiger partial charge in [0.2, 0.25) is 5.91 Å². The van der Waals surface area contributed by atoms with Crippen molar-refractivity contribution < 1.29 is 14.0 Å². The largest absolute Gasteiger partial charge is 0.342 e. The zero-order valence-corrected chi connectivity index (χ0v) is 12.3. The molecule has 0 spiro atoms. The first-order chi connectivity index (χ1) is 9.20. The van der Waals surface area contributed by atoms with Crippen molar-refractivity contribution in [3.63, 3.8) is 0 Å². The van der Waals surface area contributed by atoms with E-state index >= 15 is 0 Å². The molecule has 0 aromatic heterocycles. The lowest BCUT2D eigenvalue weighted by Crippen LogP contribution is -2.62. The van der Waals surface area contributed by atoms with Crippen LogP contribution in [0.1, 0.15) is 20.8 Å². The molecule has 20 heavy (non-hydrogen) atoms. The van der Waals surface area contributed by atoms with E-state index in [1.54, 1.807) is 0 Å². The third-order valence-corrected chi connectivity index (χ3v) is 3.51. The quantitative estimate of drug-likeness (QED) is 0.865. The van der Waals surface area contributed by atoms with Crippen LogP contribution in [0, 0.1) is 11.2 Å². The molecule has 1 aliphatic rings. The summed E-state index contributed by atoms with van der Waals surface area (Å²) in [7, 11) is 0. The van der Waals surface area contributed by atoms with Gasteiger partial charge in [0.05, 0.1) is 5.02 Å². The van der Waals surface area contributed by atoms with Gasteiger partial charge in [0.15, 0.2) is 0 Å². The van der Waals surface area contributed by atoms with Crippen molar-refractivity contribution in [3.8, 4) is 0 Å². The molecule has 1 N–H and O–H groups in total. The van der Waals surface area contributed by atoms with Gasteiger partial charge < -0.3 is 10.2 Å². The molecule has 6 heteroatoms. The number of benzene rings is 1. The minimum absolute atomic E-state index is 0.0185. The number of piperazine rings is 1. The molecule has 0 bridgehead atoms. The number of hydrogen-bond donors (Lipinski definition) is 1. The van der Waals surface area contributed by atoms with E-state index in [1.807, 2.05) is 20.8 Å². The molecule has 0 aliphatic carbocycles. The van der Waals surface area contributed by atoms with Crippen LogP contribution in [0.4, 0.5) is 10.1 Å². The van der Waals surface area contributed by atoms with Crippen molar-refractivity contribution in [2.24, 2.45) is 5.41 Å². The van der Waals surface area contributed by atoms with Crippen LogP contribution in [0.2, 0.25) is 5.02 Å². The van der Waals surface area contributed by atoms with E-state index < -0.39 is 17.3 Å². The molecule has 0 saturated carbocycles. The molecule has 1 heterocycles. The van der Waals surface area contributed by atoms with Crippen LogP contribution in [0.3, 0.4) is 0 Å². The lowest BCUT2D eigenvalue weighted by atomic mass is 9.84. The summed E-state index contributed by atoms with van der Waals surface area (Å²) in [6.07, 6.45) is 0. The summed E-state index contributed by atoms with van der Waals surface area (Å²) in [5.74, 6) is -1.13. The third-order valence-electron chi connectivity index (χ3n) is 3.20. The average molecular weight is 299 g/mol. The second-order valence-corrected chi connectivity index (χ2v) is 6.30. The minimum Gasteiger partial charge on any atom is -0.342 e. The van der Waals surface area contributed by atoms with Crippen LogP contribution in [-0.4, -0.2) is 24.4 Å². The molecule has 1 aromatic rings. The lowest BCUT2D eigenvalue weighted by Gasteiger charge is -2.38. The molecule has 4 nitrogen and oxygen atoms in total. The number of carbonyl (C=O) groups is 2. The van der Waals surface area contributed by atoms with Gasteiger partial charge in [0.1, 0.15) is 18.4 Å². The van der Waals surface area contributed by atoms with Gasteiger partial charge in [0, 0.05) is 5.69 Å². The summed E-state index contributed by atoms with van der Waals surface area (Å²) >= 11 is 5.63. The van der Waals surface area contributed by atoms with E-state index in [9.17, 15) is 14.0 Å². The Morgan fingerprint density at radius 3 is 2.55 bits per heavy atom. The normalized spacial score (nSPS) is 20.1. The standard InChI is InChI=1S/C14H16ClFN2O2/c1-14(2,3)12-13(20)18(7-11(19)17-12)8-4-5-9(15)10(16)6-8/h4-6,12H,7H2,1-3H3,(H,17,19). The Kier molecular flexibility index (Phi) is 3.73. The van der Waals surface area contributed by atoms with Gasteiger partial charge >= 0.3 is 0 Å². The Morgan fingerprint density at radius 2 is 2.00 bits per heavy atom. The van der Waals surface area contributed by atoms with E-state index in [4.69, 9.17) is 11.6 Å². The first kappa shape index (κ1) is 14.8. The Labute approximate surface area is 121 Å². The SMILES string of the molecule is CC(C)(C)C1NC(=O)CN(c2ccc(Cl)c(F)c2)C1=O. The second-order valence-electron chi connectivity index (χ2n) is 5.89. The predicted molar refractivity (Wildman–Crippen MR) is 75.1 cm³/mol. The van der Waals surface area contributed by atoms with Gasteiger partial charge in [-0.15, -0.1) is 0 Å². The van der Waals surface area contributed by atoms with Crippen LogP contribution in [0.15, 0.2) is 18.2 Å². The fraction of sp³-hybridized carbons (Fsp3) is 0.429. The first-order valence-corrected chi connectivity index (χ1v) is 6.64. The molecular formula is C14H16ClFN2O2. The predicted octanol–water partition coefficient (Wildman–Crippen LogP) is 2.36. The number of halogens is 2. The Balaban J connectivity index is 2.37. The van der Waals surface area contributed by atoms with Crippen molar-refractivity contribution in [2.75, 3.05) is 11.4 Å². The zero-order valence-electron chi connectivity index (χ0n) is 11.5. The third kappa shape index (κ3) is 2.77. The highest BCUT2D eigenvalue weighted by molar-refractivity contribution is 6.30. The lowest BCUT2D eigenvalue weighted by molar-refractivity contribution is -0.133.